The second-order valence-electron chi connectivity index (χ2n) is 8.22. The van der Waals surface area contributed by atoms with Gasteiger partial charge in [-0.2, -0.15) is 0 Å². The number of carbonyl (C=O) groups is 2. The fourth-order valence-corrected chi connectivity index (χ4v) is 4.26. The van der Waals surface area contributed by atoms with E-state index < -0.39 is 23.5 Å². The topological polar surface area (TPSA) is 102 Å². The van der Waals surface area contributed by atoms with Gasteiger partial charge in [0.25, 0.3) is 11.5 Å². The van der Waals surface area contributed by atoms with Crippen LogP contribution in [-0.4, -0.2) is 21.6 Å². The molecule has 2 aromatic heterocycles. The van der Waals surface area contributed by atoms with Crippen LogP contribution >= 0.6 is 0 Å². The number of carboxylic acids is 1. The fraction of sp³-hybridized carbons (Fsp3) is 0.320. The van der Waals surface area contributed by atoms with E-state index in [0.717, 1.165) is 48.9 Å². The van der Waals surface area contributed by atoms with E-state index in [0.29, 0.717) is 6.42 Å². The average molecular weight is 452 g/mol. The summed E-state index contributed by atoms with van der Waals surface area (Å²) in [5, 5.41) is 12.0. The van der Waals surface area contributed by atoms with Crippen LogP contribution in [0, 0.1) is 5.82 Å². The molecular formula is C25H25FN2O5. The normalized spacial score (nSPS) is 14.6. The number of nitrogens with one attached hydrogen (secondary N) is 1. The summed E-state index contributed by atoms with van der Waals surface area (Å²) < 4.78 is 20.1. The van der Waals surface area contributed by atoms with E-state index in [1.165, 1.54) is 30.5 Å². The number of carboxylic acid groups (broad SMARTS) is 1. The van der Waals surface area contributed by atoms with Gasteiger partial charge in [0.1, 0.15) is 17.1 Å². The molecule has 7 nitrogen and oxygen atoms in total. The van der Waals surface area contributed by atoms with E-state index in [9.17, 15) is 23.9 Å². The smallest absolute Gasteiger partial charge is 0.334 e. The Morgan fingerprint density at radius 2 is 1.82 bits per heavy atom. The van der Waals surface area contributed by atoms with Gasteiger partial charge in [-0.05, 0) is 67.1 Å². The highest BCUT2D eigenvalue weighted by atomic mass is 19.1. The molecule has 0 saturated carbocycles. The number of aryl methyl sites for hydroxylation is 1. The molecule has 8 heteroatoms. The first-order valence-electron chi connectivity index (χ1n) is 11.0. The van der Waals surface area contributed by atoms with Gasteiger partial charge in [-0.15, -0.1) is 0 Å². The molecule has 4 rings (SSSR count). The molecule has 1 atom stereocenters. The third-order valence-electron chi connectivity index (χ3n) is 5.95. The number of carbonyl (C=O) groups excluding carboxylic acids is 1. The number of benzene rings is 1. The van der Waals surface area contributed by atoms with Gasteiger partial charge in [0.15, 0.2) is 6.04 Å². The minimum Gasteiger partial charge on any atom is -0.479 e. The highest BCUT2D eigenvalue weighted by Gasteiger charge is 2.28. The number of halogens is 1. The Morgan fingerprint density at radius 1 is 1.09 bits per heavy atom. The van der Waals surface area contributed by atoms with Crippen molar-refractivity contribution in [1.29, 1.82) is 0 Å². The number of hydrogen-bond donors (Lipinski definition) is 2. The average Bonchev–Trinajstić information content (AvgIpc) is 3.30. The zero-order valence-electron chi connectivity index (χ0n) is 18.1. The third-order valence-corrected chi connectivity index (χ3v) is 5.95. The molecule has 1 aliphatic rings. The molecule has 1 unspecified atom stereocenters. The Morgan fingerprint density at radius 3 is 2.48 bits per heavy atom. The Labute approximate surface area is 189 Å². The number of rotatable bonds is 6. The number of pyridine rings is 1. The highest BCUT2D eigenvalue weighted by molar-refractivity contribution is 5.96. The molecule has 0 fully saturated rings. The van der Waals surface area contributed by atoms with Crippen molar-refractivity contribution in [2.45, 2.75) is 51.1 Å². The van der Waals surface area contributed by atoms with E-state index in [2.05, 4.69) is 5.32 Å². The van der Waals surface area contributed by atoms with Crippen LogP contribution in [-0.2, 0) is 24.2 Å². The second kappa shape index (κ2) is 9.85. The van der Waals surface area contributed by atoms with Gasteiger partial charge in [0, 0.05) is 5.69 Å². The number of furan rings is 1. The number of aliphatic carboxylic acids is 1. The molecule has 1 aliphatic carbocycles. The van der Waals surface area contributed by atoms with Crippen LogP contribution in [0.25, 0.3) is 0 Å². The summed E-state index contributed by atoms with van der Waals surface area (Å²) in [6.07, 6.45) is 6.75. The van der Waals surface area contributed by atoms with Crippen LogP contribution in [0.3, 0.4) is 0 Å². The monoisotopic (exact) mass is 452 g/mol. The Balaban J connectivity index is 1.75. The van der Waals surface area contributed by atoms with Crippen LogP contribution in [0.15, 0.2) is 57.9 Å². The molecule has 2 heterocycles. The molecular weight excluding hydrogens is 427 g/mol. The van der Waals surface area contributed by atoms with Gasteiger partial charge in [-0.1, -0.05) is 25.0 Å². The predicted molar refractivity (Wildman–Crippen MR) is 119 cm³/mol. The molecule has 0 bridgehead atoms. The lowest BCUT2D eigenvalue weighted by Gasteiger charge is -2.21. The maximum atomic E-state index is 13.4. The van der Waals surface area contributed by atoms with E-state index in [4.69, 9.17) is 4.42 Å². The molecule has 172 valence electrons. The van der Waals surface area contributed by atoms with Crippen molar-refractivity contribution in [2.75, 3.05) is 0 Å². The van der Waals surface area contributed by atoms with Crippen molar-refractivity contribution in [3.05, 3.63) is 93.0 Å². The molecule has 2 N–H and O–H groups in total. The van der Waals surface area contributed by atoms with Crippen LogP contribution in [0.1, 0.15) is 64.7 Å². The number of amides is 1. The van der Waals surface area contributed by atoms with Gasteiger partial charge in [0.05, 0.1) is 12.8 Å². The standard InChI is InChI=1S/C25H25FN2O5/c26-18-11-9-16(10-12-18)15-28-20-7-4-2-1-3-6-17(20)14-19(24(28)30)23(29)27-22(25(31)32)21-8-5-13-33-21/h5,8-14,22H,1-4,6-7,15H2,(H,27,29)(H,31,32). The lowest BCUT2D eigenvalue weighted by molar-refractivity contribution is -0.139. The van der Waals surface area contributed by atoms with Crippen molar-refractivity contribution in [2.24, 2.45) is 0 Å². The summed E-state index contributed by atoms with van der Waals surface area (Å²) in [6, 6.07) is 9.05. The quantitative estimate of drug-likeness (QED) is 0.592. The molecule has 0 aliphatic heterocycles. The van der Waals surface area contributed by atoms with Crippen molar-refractivity contribution < 1.29 is 23.5 Å². The molecule has 1 aromatic carbocycles. The minimum atomic E-state index is -1.42. The van der Waals surface area contributed by atoms with E-state index in [1.54, 1.807) is 22.8 Å². The van der Waals surface area contributed by atoms with E-state index in [1.807, 2.05) is 0 Å². The summed E-state index contributed by atoms with van der Waals surface area (Å²) in [4.78, 5) is 38.2. The second-order valence-corrected chi connectivity index (χ2v) is 8.22. The predicted octanol–water partition coefficient (Wildman–Crippen LogP) is 3.84. The van der Waals surface area contributed by atoms with Crippen LogP contribution < -0.4 is 10.9 Å². The highest BCUT2D eigenvalue weighted by Crippen LogP contribution is 2.22. The van der Waals surface area contributed by atoms with Crippen LogP contribution in [0.2, 0.25) is 0 Å². The maximum Gasteiger partial charge on any atom is 0.334 e. The van der Waals surface area contributed by atoms with Crippen molar-refractivity contribution in [1.82, 2.24) is 9.88 Å². The maximum absolute atomic E-state index is 13.4. The number of aromatic nitrogens is 1. The summed E-state index contributed by atoms with van der Waals surface area (Å²) in [6.45, 7) is 0.198. The largest absolute Gasteiger partial charge is 0.479 e. The van der Waals surface area contributed by atoms with Gasteiger partial charge >= 0.3 is 5.97 Å². The minimum absolute atomic E-state index is 0.0636. The zero-order chi connectivity index (χ0) is 23.4. The molecule has 3 aromatic rings. The van der Waals surface area contributed by atoms with Crippen LogP contribution in [0.4, 0.5) is 4.39 Å². The molecule has 33 heavy (non-hydrogen) atoms. The van der Waals surface area contributed by atoms with Gasteiger partial charge in [-0.25, -0.2) is 9.18 Å². The Bertz CT molecular complexity index is 1200. The first-order valence-corrected chi connectivity index (χ1v) is 11.0. The van der Waals surface area contributed by atoms with Crippen molar-refractivity contribution in [3.8, 4) is 0 Å². The molecule has 0 radical (unpaired) electrons. The third kappa shape index (κ3) is 5.05. The van der Waals surface area contributed by atoms with Crippen molar-refractivity contribution >= 4 is 11.9 Å². The lowest BCUT2D eigenvalue weighted by Crippen LogP contribution is -2.39. The zero-order valence-corrected chi connectivity index (χ0v) is 18.1. The summed E-state index contributed by atoms with van der Waals surface area (Å²) in [5.41, 5.74) is 1.90. The summed E-state index contributed by atoms with van der Waals surface area (Å²) in [7, 11) is 0. The van der Waals surface area contributed by atoms with Crippen molar-refractivity contribution in [3.63, 3.8) is 0 Å². The SMILES string of the molecule is O=C(NC(C(=O)O)c1ccco1)c1cc2c(n(Cc3ccc(F)cc3)c1=O)CCCCCC2. The van der Waals surface area contributed by atoms with Gasteiger partial charge < -0.3 is 19.4 Å². The fourth-order valence-electron chi connectivity index (χ4n) is 4.26. The lowest BCUT2D eigenvalue weighted by atomic mass is 9.95. The number of nitrogens with zero attached hydrogens (tertiary/aromatic N) is 1. The first kappa shape index (κ1) is 22.5. The van der Waals surface area contributed by atoms with Gasteiger partial charge in [-0.3, -0.25) is 9.59 Å². The van der Waals surface area contributed by atoms with E-state index in [-0.39, 0.29) is 23.7 Å². The summed E-state index contributed by atoms with van der Waals surface area (Å²) in [5.74, 6) is -2.38. The Hall–Kier alpha value is -3.68. The molecule has 0 spiro atoms. The number of hydrogen-bond acceptors (Lipinski definition) is 4. The van der Waals surface area contributed by atoms with E-state index >= 15 is 0 Å². The summed E-state index contributed by atoms with van der Waals surface area (Å²) >= 11 is 0. The number of fused-ring (bicyclic) bond motifs is 1. The van der Waals surface area contributed by atoms with Gasteiger partial charge in [0.2, 0.25) is 0 Å². The molecule has 0 saturated heterocycles. The first-order chi connectivity index (χ1) is 15.9. The molecule has 1 amide bonds. The Kier molecular flexibility index (Phi) is 6.72. The van der Waals surface area contributed by atoms with Crippen LogP contribution in [0.5, 0.6) is 0 Å².